The van der Waals surface area contributed by atoms with Gasteiger partial charge in [-0.05, 0) is 60.0 Å². The molecule has 4 heteroatoms. The van der Waals surface area contributed by atoms with Crippen LogP contribution in [-0.4, -0.2) is 13.1 Å². The summed E-state index contributed by atoms with van der Waals surface area (Å²) in [6, 6.07) is 25.2. The quantitative estimate of drug-likeness (QED) is 0.497. The van der Waals surface area contributed by atoms with Crippen molar-refractivity contribution in [1.29, 1.82) is 0 Å². The lowest BCUT2D eigenvalue weighted by Crippen LogP contribution is -2.29. The summed E-state index contributed by atoms with van der Waals surface area (Å²) in [6.07, 6.45) is 2.64. The fourth-order valence-electron chi connectivity index (χ4n) is 3.64. The molecule has 0 spiro atoms. The van der Waals surface area contributed by atoms with E-state index in [-0.39, 0.29) is 17.8 Å². The molecule has 0 unspecified atom stereocenters. The van der Waals surface area contributed by atoms with Gasteiger partial charge in [0.1, 0.15) is 11.5 Å². The summed E-state index contributed by atoms with van der Waals surface area (Å²) in [5, 5.41) is 0.647. The second-order valence-electron chi connectivity index (χ2n) is 7.05. The van der Waals surface area contributed by atoms with Crippen molar-refractivity contribution in [2.24, 2.45) is 5.92 Å². The zero-order valence-corrected chi connectivity index (χ0v) is 16.8. The van der Waals surface area contributed by atoms with Crippen molar-refractivity contribution >= 4 is 23.3 Å². The Hall–Kier alpha value is -3.04. The highest BCUT2D eigenvalue weighted by Crippen LogP contribution is 2.38. The highest BCUT2D eigenvalue weighted by molar-refractivity contribution is 6.30. The van der Waals surface area contributed by atoms with E-state index in [1.807, 2.05) is 60.7 Å². The van der Waals surface area contributed by atoms with Gasteiger partial charge in [-0.1, -0.05) is 54.1 Å². The molecule has 146 valence electrons. The molecule has 2 atom stereocenters. The van der Waals surface area contributed by atoms with Gasteiger partial charge < -0.3 is 9.47 Å². The number of ether oxygens (including phenoxy) is 2. The van der Waals surface area contributed by atoms with E-state index in [1.54, 1.807) is 19.2 Å². The number of rotatable bonds is 5. The topological polar surface area (TPSA) is 35.5 Å². The van der Waals surface area contributed by atoms with E-state index in [2.05, 4.69) is 12.1 Å². The zero-order chi connectivity index (χ0) is 20.2. The van der Waals surface area contributed by atoms with Gasteiger partial charge in [0.25, 0.3) is 0 Å². The molecule has 0 radical (unpaired) electrons. The molecule has 3 aromatic carbocycles. The summed E-state index contributed by atoms with van der Waals surface area (Å²) < 4.78 is 11.0. The Morgan fingerprint density at radius 1 is 0.931 bits per heavy atom. The van der Waals surface area contributed by atoms with E-state index in [0.29, 0.717) is 17.2 Å². The first-order chi connectivity index (χ1) is 14.1. The molecular weight excluding hydrogens is 384 g/mol. The van der Waals surface area contributed by atoms with E-state index >= 15 is 0 Å². The van der Waals surface area contributed by atoms with E-state index < -0.39 is 0 Å². The molecule has 0 saturated carbocycles. The Labute approximate surface area is 175 Å². The number of methoxy groups -OCH3 is 1. The van der Waals surface area contributed by atoms with Crippen molar-refractivity contribution in [3.05, 3.63) is 107 Å². The van der Waals surface area contributed by atoms with Crippen molar-refractivity contribution in [3.63, 3.8) is 0 Å². The molecule has 29 heavy (non-hydrogen) atoms. The van der Waals surface area contributed by atoms with Crippen LogP contribution < -0.4 is 4.74 Å². The van der Waals surface area contributed by atoms with Gasteiger partial charge in [0.15, 0.2) is 0 Å². The fraction of sp³-hybridized carbons (Fsp3) is 0.160. The van der Waals surface area contributed by atoms with Crippen LogP contribution in [0.3, 0.4) is 0 Å². The maximum absolute atomic E-state index is 13.0. The maximum Gasteiger partial charge on any atom is 0.315 e. The normalized spacial score (nSPS) is 18.7. The van der Waals surface area contributed by atoms with Crippen LogP contribution in [-0.2, 0) is 16.0 Å². The summed E-state index contributed by atoms with van der Waals surface area (Å²) in [5.41, 5.74) is 3.00. The number of benzene rings is 3. The number of carbonyl (C=O) groups is 1. The van der Waals surface area contributed by atoms with Crippen molar-refractivity contribution < 1.29 is 14.3 Å². The number of halogens is 1. The van der Waals surface area contributed by atoms with Crippen molar-refractivity contribution in [2.75, 3.05) is 7.11 Å². The predicted octanol–water partition coefficient (Wildman–Crippen LogP) is 5.89. The number of hydrogen-bond donors (Lipinski definition) is 0. The Morgan fingerprint density at radius 2 is 1.62 bits per heavy atom. The Balaban J connectivity index is 1.69. The summed E-state index contributed by atoms with van der Waals surface area (Å²) in [5.74, 6) is 0.769. The summed E-state index contributed by atoms with van der Waals surface area (Å²) in [7, 11) is 1.64. The first-order valence-electron chi connectivity index (χ1n) is 9.51. The minimum absolute atomic E-state index is 0.0785. The Bertz CT molecular complexity index is 1010. The van der Waals surface area contributed by atoms with E-state index in [1.165, 1.54) is 0 Å². The Morgan fingerprint density at radius 3 is 2.28 bits per heavy atom. The number of carbonyl (C=O) groups excluding carboxylic acids is 1. The molecule has 3 aromatic rings. The van der Waals surface area contributed by atoms with Gasteiger partial charge in [0, 0.05) is 16.5 Å². The van der Waals surface area contributed by atoms with Crippen molar-refractivity contribution in [1.82, 2.24) is 0 Å². The summed E-state index contributed by atoms with van der Waals surface area (Å²) in [4.78, 5) is 13.0. The number of cyclic esters (lactones) is 1. The van der Waals surface area contributed by atoms with Gasteiger partial charge in [-0.2, -0.15) is 0 Å². The maximum atomic E-state index is 13.0. The molecule has 3 nitrogen and oxygen atoms in total. The van der Waals surface area contributed by atoms with Gasteiger partial charge in [-0.3, -0.25) is 4.79 Å². The molecule has 1 aliphatic heterocycles. The summed E-state index contributed by atoms with van der Waals surface area (Å²) in [6.45, 7) is 0. The summed E-state index contributed by atoms with van der Waals surface area (Å²) >= 11 is 6.00. The van der Waals surface area contributed by atoms with Gasteiger partial charge in [0.2, 0.25) is 0 Å². The van der Waals surface area contributed by atoms with Crippen molar-refractivity contribution in [2.45, 2.75) is 12.3 Å². The highest BCUT2D eigenvalue weighted by Gasteiger charge is 2.35. The molecule has 0 bridgehead atoms. The third-order valence-electron chi connectivity index (χ3n) is 5.21. The molecule has 4 rings (SSSR count). The smallest absolute Gasteiger partial charge is 0.315 e. The zero-order valence-electron chi connectivity index (χ0n) is 16.0. The number of allylic oxidation sites excluding steroid dienone is 1. The van der Waals surface area contributed by atoms with E-state index in [9.17, 15) is 4.79 Å². The fourth-order valence-corrected chi connectivity index (χ4v) is 3.77. The van der Waals surface area contributed by atoms with Crippen LogP contribution in [0, 0.1) is 5.92 Å². The lowest BCUT2D eigenvalue weighted by Gasteiger charge is -2.29. The highest BCUT2D eigenvalue weighted by atomic mass is 35.5. The third kappa shape index (κ3) is 4.36. The van der Waals surface area contributed by atoms with E-state index in [0.717, 1.165) is 22.4 Å². The largest absolute Gasteiger partial charge is 0.497 e. The molecule has 1 aliphatic rings. The minimum Gasteiger partial charge on any atom is -0.497 e. The average molecular weight is 405 g/mol. The number of hydrogen-bond acceptors (Lipinski definition) is 3. The average Bonchev–Trinajstić information content (AvgIpc) is 2.76. The van der Waals surface area contributed by atoms with Crippen LogP contribution >= 0.6 is 11.6 Å². The van der Waals surface area contributed by atoms with Gasteiger partial charge >= 0.3 is 5.97 Å². The van der Waals surface area contributed by atoms with Gasteiger partial charge in [-0.25, -0.2) is 0 Å². The first-order valence-corrected chi connectivity index (χ1v) is 9.89. The molecule has 1 heterocycles. The van der Waals surface area contributed by atoms with Crippen LogP contribution in [0.25, 0.3) is 5.76 Å². The number of esters is 1. The molecule has 0 fully saturated rings. The predicted molar refractivity (Wildman–Crippen MR) is 115 cm³/mol. The monoisotopic (exact) mass is 404 g/mol. The lowest BCUT2D eigenvalue weighted by atomic mass is 9.80. The van der Waals surface area contributed by atoms with E-state index in [4.69, 9.17) is 21.1 Å². The van der Waals surface area contributed by atoms with Crippen LogP contribution in [0.15, 0.2) is 84.9 Å². The molecular formula is C25H21ClO3. The van der Waals surface area contributed by atoms with Gasteiger partial charge in [0.05, 0.1) is 13.0 Å². The molecule has 0 aliphatic carbocycles. The SMILES string of the molecule is COc1ccc(C[C@@H]2C(=O)OC(c3ccc(Cl)cc3)=C[C@@H]2c2ccccc2)cc1. The van der Waals surface area contributed by atoms with Crippen LogP contribution in [0.5, 0.6) is 5.75 Å². The van der Waals surface area contributed by atoms with Crippen molar-refractivity contribution in [3.8, 4) is 5.75 Å². The van der Waals surface area contributed by atoms with Gasteiger partial charge in [-0.15, -0.1) is 0 Å². The lowest BCUT2D eigenvalue weighted by molar-refractivity contribution is -0.142. The molecule has 0 amide bonds. The standard InChI is InChI=1S/C25H21ClO3/c1-28-21-13-7-17(8-14-21)15-23-22(18-5-3-2-4-6-18)16-24(29-25(23)27)19-9-11-20(26)12-10-19/h2-14,16,22-23H,15H2,1H3/t22-,23+/m1/s1. The van der Waals surface area contributed by atoms with Crippen LogP contribution in [0.4, 0.5) is 0 Å². The Kier molecular flexibility index (Phi) is 5.68. The second kappa shape index (κ2) is 8.54. The molecule has 0 saturated heterocycles. The third-order valence-corrected chi connectivity index (χ3v) is 5.46. The van der Waals surface area contributed by atoms with Crippen LogP contribution in [0.1, 0.15) is 22.6 Å². The first kappa shape index (κ1) is 19.3. The molecule has 0 aromatic heterocycles. The minimum atomic E-state index is -0.304. The second-order valence-corrected chi connectivity index (χ2v) is 7.49. The van der Waals surface area contributed by atoms with Crippen LogP contribution in [0.2, 0.25) is 5.02 Å². The molecule has 0 N–H and O–H groups in total.